The number of benzene rings is 3. The maximum atomic E-state index is 9.75. The van der Waals surface area contributed by atoms with Crippen molar-refractivity contribution in [2.24, 2.45) is 10.9 Å². The third-order valence-electron chi connectivity index (χ3n) is 5.73. The van der Waals surface area contributed by atoms with Crippen molar-refractivity contribution >= 4 is 44.1 Å². The van der Waals surface area contributed by atoms with Crippen molar-refractivity contribution in [3.05, 3.63) is 76.2 Å². The van der Waals surface area contributed by atoms with Gasteiger partial charge in [0, 0.05) is 16.7 Å². The summed E-state index contributed by atoms with van der Waals surface area (Å²) in [6, 6.07) is 21.5. The summed E-state index contributed by atoms with van der Waals surface area (Å²) in [6.45, 7) is 2.29. The highest BCUT2D eigenvalue weighted by molar-refractivity contribution is 7.16. The molecule has 0 spiro atoms. The summed E-state index contributed by atoms with van der Waals surface area (Å²) >= 11 is 1.70. The number of aliphatic imine (C=N–C) groups is 1. The van der Waals surface area contributed by atoms with Crippen LogP contribution in [0, 0.1) is 17.2 Å². The minimum absolute atomic E-state index is 0.691. The Hall–Kier alpha value is -2.96. The molecule has 1 atom stereocenters. The molecule has 3 heteroatoms. The lowest BCUT2D eigenvalue weighted by Crippen LogP contribution is -2.09. The van der Waals surface area contributed by atoms with Gasteiger partial charge in [-0.2, -0.15) is 5.26 Å². The fourth-order valence-electron chi connectivity index (χ4n) is 4.25. The van der Waals surface area contributed by atoms with Crippen LogP contribution in [-0.4, -0.2) is 6.21 Å². The van der Waals surface area contributed by atoms with E-state index >= 15 is 0 Å². The third-order valence-corrected chi connectivity index (χ3v) is 6.89. The number of nitriles is 1. The average molecular weight is 381 g/mol. The van der Waals surface area contributed by atoms with E-state index in [9.17, 15) is 5.26 Å². The maximum absolute atomic E-state index is 9.75. The monoisotopic (exact) mass is 380 g/mol. The molecule has 1 unspecified atom stereocenters. The lowest BCUT2D eigenvalue weighted by atomic mass is 9.89. The van der Waals surface area contributed by atoms with Gasteiger partial charge in [-0.3, -0.25) is 0 Å². The molecule has 0 N–H and O–H groups in total. The Morgan fingerprint density at radius 2 is 1.75 bits per heavy atom. The zero-order valence-corrected chi connectivity index (χ0v) is 16.6. The Morgan fingerprint density at radius 1 is 1.07 bits per heavy atom. The van der Waals surface area contributed by atoms with Gasteiger partial charge in [-0.15, -0.1) is 11.3 Å². The lowest BCUT2D eigenvalue weighted by molar-refractivity contribution is 0.507. The molecule has 0 bridgehead atoms. The van der Waals surface area contributed by atoms with Crippen LogP contribution in [0.5, 0.6) is 0 Å². The number of fused-ring (bicyclic) bond motifs is 3. The molecule has 0 aliphatic heterocycles. The summed E-state index contributed by atoms with van der Waals surface area (Å²) < 4.78 is 0. The van der Waals surface area contributed by atoms with Gasteiger partial charge < -0.3 is 0 Å². The number of hydrogen-bond acceptors (Lipinski definition) is 3. The second-order valence-corrected chi connectivity index (χ2v) is 8.72. The first kappa shape index (κ1) is 17.2. The summed E-state index contributed by atoms with van der Waals surface area (Å²) in [5.41, 5.74) is 3.14. The number of thiophene rings is 1. The fraction of sp³-hybridized carbons (Fsp3) is 0.200. The molecule has 4 aromatic rings. The van der Waals surface area contributed by atoms with Crippen LogP contribution in [0.4, 0.5) is 5.00 Å². The highest BCUT2D eigenvalue weighted by atomic mass is 32.1. The topological polar surface area (TPSA) is 36.1 Å². The summed E-state index contributed by atoms with van der Waals surface area (Å²) in [6.07, 6.45) is 5.20. The van der Waals surface area contributed by atoms with Crippen LogP contribution in [0.2, 0.25) is 0 Å². The zero-order chi connectivity index (χ0) is 19.1. The van der Waals surface area contributed by atoms with Gasteiger partial charge in [0.2, 0.25) is 0 Å². The van der Waals surface area contributed by atoms with Crippen molar-refractivity contribution in [3.8, 4) is 6.07 Å². The van der Waals surface area contributed by atoms with Gasteiger partial charge in [0.15, 0.2) is 0 Å². The van der Waals surface area contributed by atoms with E-state index < -0.39 is 0 Å². The second-order valence-electron chi connectivity index (χ2n) is 7.63. The Bertz CT molecular complexity index is 1220. The van der Waals surface area contributed by atoms with Gasteiger partial charge in [0.1, 0.15) is 11.1 Å². The molecule has 0 amide bonds. The number of hydrogen-bond donors (Lipinski definition) is 0. The van der Waals surface area contributed by atoms with Crippen LogP contribution < -0.4 is 0 Å². The van der Waals surface area contributed by atoms with E-state index in [0.717, 1.165) is 35.4 Å². The number of nitrogens with zero attached hydrogens (tertiary/aromatic N) is 2. The minimum Gasteiger partial charge on any atom is -0.244 e. The fourth-order valence-corrected chi connectivity index (χ4v) is 5.56. The van der Waals surface area contributed by atoms with E-state index in [2.05, 4.69) is 67.6 Å². The summed E-state index contributed by atoms with van der Waals surface area (Å²) in [5.74, 6) is 0.691. The maximum Gasteiger partial charge on any atom is 0.134 e. The zero-order valence-electron chi connectivity index (χ0n) is 15.8. The van der Waals surface area contributed by atoms with Gasteiger partial charge in [0.25, 0.3) is 0 Å². The van der Waals surface area contributed by atoms with Crippen LogP contribution in [0.15, 0.2) is 59.6 Å². The Morgan fingerprint density at radius 3 is 2.43 bits per heavy atom. The first-order chi connectivity index (χ1) is 13.7. The molecule has 1 aliphatic carbocycles. The minimum atomic E-state index is 0.691. The predicted octanol–water partition coefficient (Wildman–Crippen LogP) is 6.80. The first-order valence-corrected chi connectivity index (χ1v) is 10.6. The van der Waals surface area contributed by atoms with Crippen molar-refractivity contribution < 1.29 is 0 Å². The standard InChI is InChI=1S/C25H20N2S/c1-16-10-11-21-22(14-26)25(28-24(21)12-16)27-15-23-19-8-4-2-6-17(19)13-18-7-3-5-9-20(18)23/h2-9,13,15-16H,10-12H2,1H3. The Balaban J connectivity index is 1.68. The van der Waals surface area contributed by atoms with Gasteiger partial charge in [-0.1, -0.05) is 55.5 Å². The largest absolute Gasteiger partial charge is 0.244 e. The lowest BCUT2D eigenvalue weighted by Gasteiger charge is -2.17. The van der Waals surface area contributed by atoms with E-state index in [1.807, 2.05) is 6.21 Å². The molecule has 1 aromatic heterocycles. The van der Waals surface area contributed by atoms with E-state index in [-0.39, 0.29) is 0 Å². The van der Waals surface area contributed by atoms with Crippen molar-refractivity contribution in [2.75, 3.05) is 0 Å². The van der Waals surface area contributed by atoms with E-state index in [4.69, 9.17) is 4.99 Å². The van der Waals surface area contributed by atoms with Gasteiger partial charge in [-0.25, -0.2) is 4.99 Å². The van der Waals surface area contributed by atoms with Crippen LogP contribution >= 0.6 is 11.3 Å². The van der Waals surface area contributed by atoms with E-state index in [1.165, 1.54) is 32.0 Å². The smallest absolute Gasteiger partial charge is 0.134 e. The first-order valence-electron chi connectivity index (χ1n) is 9.74. The van der Waals surface area contributed by atoms with Crippen molar-refractivity contribution in [3.63, 3.8) is 0 Å². The SMILES string of the molecule is CC1CCc2c(sc(N=Cc3c4ccccc4cc4ccccc34)c2C#N)C1. The molecule has 2 nitrogen and oxygen atoms in total. The molecule has 0 saturated heterocycles. The molecule has 3 aromatic carbocycles. The van der Waals surface area contributed by atoms with E-state index in [1.54, 1.807) is 11.3 Å². The highest BCUT2D eigenvalue weighted by Crippen LogP contribution is 2.41. The van der Waals surface area contributed by atoms with Crippen LogP contribution in [-0.2, 0) is 12.8 Å². The molecule has 0 radical (unpaired) electrons. The normalized spacial score (nSPS) is 16.5. The average Bonchev–Trinajstić information content (AvgIpc) is 3.07. The van der Waals surface area contributed by atoms with Crippen LogP contribution in [0.25, 0.3) is 21.5 Å². The molecule has 5 rings (SSSR count). The Kier molecular flexibility index (Phi) is 4.22. The molecular formula is C25H20N2S. The molecule has 0 saturated carbocycles. The van der Waals surface area contributed by atoms with Gasteiger partial charge in [-0.05, 0) is 58.4 Å². The van der Waals surface area contributed by atoms with Crippen molar-refractivity contribution in [1.82, 2.24) is 0 Å². The highest BCUT2D eigenvalue weighted by Gasteiger charge is 2.23. The van der Waals surface area contributed by atoms with Gasteiger partial charge in [0.05, 0.1) is 5.56 Å². The summed E-state index contributed by atoms with van der Waals surface area (Å²) in [5, 5.41) is 15.4. The predicted molar refractivity (Wildman–Crippen MR) is 119 cm³/mol. The summed E-state index contributed by atoms with van der Waals surface area (Å²) in [7, 11) is 0. The van der Waals surface area contributed by atoms with Crippen LogP contribution in [0.3, 0.4) is 0 Å². The summed E-state index contributed by atoms with van der Waals surface area (Å²) in [4.78, 5) is 6.20. The second kappa shape index (κ2) is 6.89. The number of rotatable bonds is 2. The molecule has 136 valence electrons. The molecule has 28 heavy (non-hydrogen) atoms. The van der Waals surface area contributed by atoms with E-state index in [0.29, 0.717) is 5.92 Å². The molecule has 1 heterocycles. The Labute approximate surface area is 168 Å². The quantitative estimate of drug-likeness (QED) is 0.278. The molecule has 1 aliphatic rings. The molecular weight excluding hydrogens is 360 g/mol. The van der Waals surface area contributed by atoms with Crippen LogP contribution in [0.1, 0.15) is 34.9 Å². The van der Waals surface area contributed by atoms with Gasteiger partial charge >= 0.3 is 0 Å². The molecule has 0 fully saturated rings. The van der Waals surface area contributed by atoms with Crippen molar-refractivity contribution in [2.45, 2.75) is 26.2 Å². The third kappa shape index (κ3) is 2.82. The van der Waals surface area contributed by atoms with Crippen molar-refractivity contribution in [1.29, 1.82) is 5.26 Å².